The van der Waals surface area contributed by atoms with Gasteiger partial charge in [-0.05, 0) is 43.9 Å². The number of ether oxygens (including phenoxy) is 1. The molecule has 0 radical (unpaired) electrons. The van der Waals surface area contributed by atoms with E-state index in [9.17, 15) is 9.59 Å². The molecule has 9 nitrogen and oxygen atoms in total. The molecular formula is C21H25ClN6O3. The van der Waals surface area contributed by atoms with E-state index in [0.717, 1.165) is 5.56 Å². The van der Waals surface area contributed by atoms with Crippen LogP contribution in [0.5, 0.6) is 0 Å². The Morgan fingerprint density at radius 1 is 1.29 bits per heavy atom. The number of carbonyl (C=O) groups is 2. The van der Waals surface area contributed by atoms with Crippen LogP contribution in [0.4, 0.5) is 0 Å². The Balaban J connectivity index is 1.95. The highest BCUT2D eigenvalue weighted by atomic mass is 35.5. The summed E-state index contributed by atoms with van der Waals surface area (Å²) in [6.45, 7) is 5.10. The Labute approximate surface area is 186 Å². The highest BCUT2D eigenvalue weighted by Crippen LogP contribution is 2.30. The molecule has 3 heterocycles. The monoisotopic (exact) mass is 444 g/mol. The van der Waals surface area contributed by atoms with Crippen molar-refractivity contribution in [3.63, 3.8) is 0 Å². The van der Waals surface area contributed by atoms with Crippen LogP contribution in [0.25, 0.3) is 11.4 Å². The van der Waals surface area contributed by atoms with Crippen molar-refractivity contribution in [3.05, 3.63) is 53.6 Å². The van der Waals surface area contributed by atoms with Crippen molar-refractivity contribution in [2.45, 2.75) is 12.2 Å². The molecule has 2 aromatic rings. The summed E-state index contributed by atoms with van der Waals surface area (Å²) >= 11 is 6.30. The molecule has 1 N–H and O–H groups in total. The zero-order valence-electron chi connectivity index (χ0n) is 17.7. The third-order valence-corrected chi connectivity index (χ3v) is 4.99. The van der Waals surface area contributed by atoms with Gasteiger partial charge in [-0.3, -0.25) is 9.59 Å². The number of nitrogens with zero attached hydrogens (tertiary/aromatic N) is 5. The standard InChI is InChI=1S/C21H25ClN6O3/c1-5-20(29)28-10-14(9-27(3)4)31-18(11-28)13-6-16(26-19(22)7-13)15-8-17(21(30)23-2)25-12-24-15/h5-8,12,14,18H,1,9-11H2,2-4H3,(H,23,30)/t14-,18+/m1/s1. The van der Waals surface area contributed by atoms with E-state index in [0.29, 0.717) is 31.0 Å². The lowest BCUT2D eigenvalue weighted by Gasteiger charge is -2.39. The molecule has 1 saturated heterocycles. The molecule has 3 rings (SSSR count). The number of nitrogens with one attached hydrogen (secondary N) is 1. The molecule has 2 amide bonds. The van der Waals surface area contributed by atoms with Gasteiger partial charge in [0.2, 0.25) is 5.91 Å². The Morgan fingerprint density at radius 2 is 2.06 bits per heavy atom. The second kappa shape index (κ2) is 9.95. The first-order valence-corrected chi connectivity index (χ1v) is 10.1. The third kappa shape index (κ3) is 5.63. The number of likely N-dealkylation sites (N-methyl/N-ethyl adjacent to an activating group) is 1. The molecule has 10 heteroatoms. The van der Waals surface area contributed by atoms with Gasteiger partial charge >= 0.3 is 0 Å². The second-order valence-corrected chi connectivity index (χ2v) is 7.82. The summed E-state index contributed by atoms with van der Waals surface area (Å²) in [5.41, 5.74) is 1.92. The zero-order chi connectivity index (χ0) is 22.5. The van der Waals surface area contributed by atoms with Crippen LogP contribution >= 0.6 is 11.6 Å². The van der Waals surface area contributed by atoms with Crippen molar-refractivity contribution in [1.29, 1.82) is 0 Å². The molecule has 2 aromatic heterocycles. The van der Waals surface area contributed by atoms with Crippen LogP contribution in [-0.2, 0) is 9.53 Å². The van der Waals surface area contributed by atoms with E-state index < -0.39 is 6.10 Å². The summed E-state index contributed by atoms with van der Waals surface area (Å²) in [6.07, 6.45) is 2.03. The Bertz CT molecular complexity index is 983. The Morgan fingerprint density at radius 3 is 2.74 bits per heavy atom. The van der Waals surface area contributed by atoms with Crippen molar-refractivity contribution in [2.24, 2.45) is 0 Å². The average molecular weight is 445 g/mol. The van der Waals surface area contributed by atoms with Gasteiger partial charge in [-0.15, -0.1) is 0 Å². The number of hydrogen-bond donors (Lipinski definition) is 1. The van der Waals surface area contributed by atoms with E-state index in [-0.39, 0.29) is 28.8 Å². The fraction of sp³-hybridized carbons (Fsp3) is 0.381. The molecule has 1 fully saturated rings. The molecule has 0 bridgehead atoms. The van der Waals surface area contributed by atoms with Gasteiger partial charge in [-0.1, -0.05) is 18.2 Å². The van der Waals surface area contributed by atoms with Crippen molar-refractivity contribution in [3.8, 4) is 11.4 Å². The molecule has 2 atom stereocenters. The van der Waals surface area contributed by atoms with Gasteiger partial charge in [0.25, 0.3) is 5.91 Å². The Kier molecular flexibility index (Phi) is 7.32. The minimum Gasteiger partial charge on any atom is -0.365 e. The fourth-order valence-corrected chi connectivity index (χ4v) is 3.64. The number of morpholine rings is 1. The normalized spacial score (nSPS) is 18.7. The van der Waals surface area contributed by atoms with Gasteiger partial charge in [-0.2, -0.15) is 0 Å². The highest BCUT2D eigenvalue weighted by molar-refractivity contribution is 6.29. The van der Waals surface area contributed by atoms with Gasteiger partial charge in [-0.25, -0.2) is 15.0 Å². The number of carbonyl (C=O) groups excluding carboxylic acids is 2. The lowest BCUT2D eigenvalue weighted by molar-refractivity contribution is -0.142. The molecule has 1 aliphatic rings. The fourth-order valence-electron chi connectivity index (χ4n) is 3.42. The van der Waals surface area contributed by atoms with Crippen molar-refractivity contribution in [1.82, 2.24) is 30.1 Å². The summed E-state index contributed by atoms with van der Waals surface area (Å²) in [4.78, 5) is 40.5. The van der Waals surface area contributed by atoms with Crippen LogP contribution in [0, 0.1) is 0 Å². The maximum absolute atomic E-state index is 12.3. The van der Waals surface area contributed by atoms with E-state index in [2.05, 4.69) is 26.8 Å². The maximum Gasteiger partial charge on any atom is 0.269 e. The van der Waals surface area contributed by atoms with Gasteiger partial charge in [0.05, 0.1) is 24.0 Å². The minimum atomic E-state index is -0.401. The molecule has 0 aromatic carbocycles. The minimum absolute atomic E-state index is 0.150. The van der Waals surface area contributed by atoms with E-state index >= 15 is 0 Å². The highest BCUT2D eigenvalue weighted by Gasteiger charge is 2.31. The molecule has 0 spiro atoms. The van der Waals surface area contributed by atoms with Crippen LogP contribution in [-0.4, -0.2) is 83.4 Å². The van der Waals surface area contributed by atoms with E-state index in [1.54, 1.807) is 23.1 Å². The Hall–Kier alpha value is -2.88. The summed E-state index contributed by atoms with van der Waals surface area (Å²) in [5.74, 6) is -0.477. The molecular weight excluding hydrogens is 420 g/mol. The van der Waals surface area contributed by atoms with Crippen LogP contribution < -0.4 is 5.32 Å². The van der Waals surface area contributed by atoms with Crippen molar-refractivity contribution in [2.75, 3.05) is 40.8 Å². The number of aromatic nitrogens is 3. The SMILES string of the molecule is C=CC(=O)N1C[C@@H](CN(C)C)O[C@H](c2cc(Cl)nc(-c3cc(C(=O)NC)ncn3)c2)C1. The van der Waals surface area contributed by atoms with Crippen LogP contribution in [0.15, 0.2) is 37.2 Å². The lowest BCUT2D eigenvalue weighted by atomic mass is 10.0. The third-order valence-electron chi connectivity index (χ3n) is 4.80. The average Bonchev–Trinajstić information content (AvgIpc) is 2.77. The van der Waals surface area contributed by atoms with Crippen molar-refractivity contribution < 1.29 is 14.3 Å². The number of rotatable bonds is 6. The molecule has 164 valence electrons. The molecule has 31 heavy (non-hydrogen) atoms. The van der Waals surface area contributed by atoms with Gasteiger partial charge in [0.1, 0.15) is 23.3 Å². The van der Waals surface area contributed by atoms with Crippen LogP contribution in [0.3, 0.4) is 0 Å². The topological polar surface area (TPSA) is 101 Å². The van der Waals surface area contributed by atoms with Crippen LogP contribution in [0.1, 0.15) is 22.2 Å². The first-order valence-electron chi connectivity index (χ1n) is 9.74. The zero-order valence-corrected chi connectivity index (χ0v) is 18.5. The molecule has 0 aliphatic carbocycles. The van der Waals surface area contributed by atoms with Crippen molar-refractivity contribution >= 4 is 23.4 Å². The lowest BCUT2D eigenvalue weighted by Crippen LogP contribution is -2.49. The summed E-state index contributed by atoms with van der Waals surface area (Å²) < 4.78 is 6.28. The number of hydrogen-bond acceptors (Lipinski definition) is 7. The predicted molar refractivity (Wildman–Crippen MR) is 117 cm³/mol. The van der Waals surface area contributed by atoms with E-state index in [1.165, 1.54) is 19.5 Å². The smallest absolute Gasteiger partial charge is 0.269 e. The van der Waals surface area contributed by atoms with E-state index in [1.807, 2.05) is 19.0 Å². The molecule has 0 saturated carbocycles. The summed E-state index contributed by atoms with van der Waals surface area (Å²) in [5, 5.41) is 2.79. The molecule has 0 unspecified atom stereocenters. The van der Waals surface area contributed by atoms with Gasteiger partial charge < -0.3 is 19.9 Å². The first kappa shape index (κ1) is 22.8. The second-order valence-electron chi connectivity index (χ2n) is 7.43. The quantitative estimate of drug-likeness (QED) is 0.533. The summed E-state index contributed by atoms with van der Waals surface area (Å²) in [7, 11) is 5.43. The van der Waals surface area contributed by atoms with Gasteiger partial charge in [0, 0.05) is 20.1 Å². The summed E-state index contributed by atoms with van der Waals surface area (Å²) in [6, 6.07) is 5.07. The van der Waals surface area contributed by atoms with Gasteiger partial charge in [0.15, 0.2) is 0 Å². The number of halogens is 1. The number of pyridine rings is 1. The number of amides is 2. The maximum atomic E-state index is 12.3. The largest absolute Gasteiger partial charge is 0.365 e. The van der Waals surface area contributed by atoms with E-state index in [4.69, 9.17) is 16.3 Å². The predicted octanol–water partition coefficient (Wildman–Crippen LogP) is 1.57. The first-order chi connectivity index (χ1) is 14.8. The van der Waals surface area contributed by atoms with Crippen LogP contribution in [0.2, 0.25) is 5.15 Å². The molecule has 1 aliphatic heterocycles.